The third-order valence-corrected chi connectivity index (χ3v) is 4.81. The number of nitrogens with zero attached hydrogens (tertiary/aromatic N) is 1. The molecule has 2 atom stereocenters. The molecule has 1 N–H and O–H groups in total. The van der Waals surface area contributed by atoms with Crippen molar-refractivity contribution in [3.8, 4) is 17.2 Å². The van der Waals surface area contributed by atoms with Crippen molar-refractivity contribution in [1.82, 2.24) is 10.3 Å². The van der Waals surface area contributed by atoms with E-state index in [-0.39, 0.29) is 29.7 Å². The number of amides is 1. The maximum Gasteiger partial charge on any atom is 0.325 e. The number of esters is 2. The molecule has 1 heterocycles. The summed E-state index contributed by atoms with van der Waals surface area (Å²) < 4.78 is 26.1. The van der Waals surface area contributed by atoms with Crippen molar-refractivity contribution >= 4 is 17.8 Å². The molecular weight excluding hydrogens is 432 g/mol. The van der Waals surface area contributed by atoms with Crippen molar-refractivity contribution < 1.29 is 38.1 Å². The number of carbonyl (C=O) groups excluding carboxylic acids is 3. The number of pyridine rings is 1. The SMILES string of the molecule is COc1ccccc1[C@H](C)C(C)OC(=O)CNC(=O)c1nccc(OC)c1OCOC(C)=O. The van der Waals surface area contributed by atoms with Gasteiger partial charge >= 0.3 is 11.9 Å². The van der Waals surface area contributed by atoms with Crippen LogP contribution in [0.4, 0.5) is 0 Å². The van der Waals surface area contributed by atoms with Crippen LogP contribution >= 0.6 is 0 Å². The lowest BCUT2D eigenvalue weighted by molar-refractivity contribution is -0.148. The van der Waals surface area contributed by atoms with Crippen molar-refractivity contribution in [2.45, 2.75) is 32.8 Å². The van der Waals surface area contributed by atoms with Crippen LogP contribution in [0.2, 0.25) is 0 Å². The molecule has 1 amide bonds. The average molecular weight is 460 g/mol. The van der Waals surface area contributed by atoms with E-state index in [0.29, 0.717) is 5.75 Å². The van der Waals surface area contributed by atoms with Gasteiger partial charge in [-0.05, 0) is 13.0 Å². The van der Waals surface area contributed by atoms with E-state index in [1.54, 1.807) is 14.0 Å². The van der Waals surface area contributed by atoms with Crippen molar-refractivity contribution in [3.05, 3.63) is 47.8 Å². The summed E-state index contributed by atoms with van der Waals surface area (Å²) in [6.45, 7) is 4.09. The summed E-state index contributed by atoms with van der Waals surface area (Å²) in [5, 5.41) is 2.45. The molecule has 0 saturated carbocycles. The maximum absolute atomic E-state index is 12.6. The Hall–Kier alpha value is -3.82. The Kier molecular flexibility index (Phi) is 9.46. The van der Waals surface area contributed by atoms with E-state index in [1.807, 2.05) is 31.2 Å². The van der Waals surface area contributed by atoms with Crippen molar-refractivity contribution in [2.24, 2.45) is 0 Å². The molecule has 0 aliphatic carbocycles. The molecule has 2 aromatic rings. The number of methoxy groups -OCH3 is 2. The third kappa shape index (κ3) is 7.09. The van der Waals surface area contributed by atoms with Gasteiger partial charge in [0.05, 0.1) is 14.2 Å². The fourth-order valence-electron chi connectivity index (χ4n) is 2.95. The van der Waals surface area contributed by atoms with Gasteiger partial charge in [-0.25, -0.2) is 4.98 Å². The molecule has 0 aliphatic rings. The minimum atomic E-state index is -0.686. The molecule has 10 nitrogen and oxygen atoms in total. The lowest BCUT2D eigenvalue weighted by Gasteiger charge is -2.22. The summed E-state index contributed by atoms with van der Waals surface area (Å²) in [5.74, 6) is -1.11. The molecular formula is C23H28N2O8. The Morgan fingerprint density at radius 1 is 1.03 bits per heavy atom. The Morgan fingerprint density at radius 3 is 2.39 bits per heavy atom. The van der Waals surface area contributed by atoms with Gasteiger partial charge in [-0.15, -0.1) is 0 Å². The van der Waals surface area contributed by atoms with E-state index in [1.165, 1.54) is 26.3 Å². The number of benzene rings is 1. The van der Waals surface area contributed by atoms with Gasteiger partial charge in [0, 0.05) is 30.7 Å². The van der Waals surface area contributed by atoms with Crippen LogP contribution in [0, 0.1) is 0 Å². The third-order valence-electron chi connectivity index (χ3n) is 4.81. The number of hydrogen-bond acceptors (Lipinski definition) is 9. The highest BCUT2D eigenvalue weighted by Gasteiger charge is 2.23. The molecule has 1 aromatic heterocycles. The fourth-order valence-corrected chi connectivity index (χ4v) is 2.95. The lowest BCUT2D eigenvalue weighted by Crippen LogP contribution is -2.34. The van der Waals surface area contributed by atoms with Crippen molar-refractivity contribution in [2.75, 3.05) is 27.6 Å². The largest absolute Gasteiger partial charge is 0.496 e. The zero-order valence-electron chi connectivity index (χ0n) is 19.2. The molecule has 1 unspecified atom stereocenters. The van der Waals surface area contributed by atoms with E-state index in [9.17, 15) is 14.4 Å². The number of rotatable bonds is 11. The highest BCUT2D eigenvalue weighted by atomic mass is 16.7. The van der Waals surface area contributed by atoms with Crippen LogP contribution in [0.5, 0.6) is 17.2 Å². The number of ether oxygens (including phenoxy) is 5. The Balaban J connectivity index is 1.99. The molecule has 10 heteroatoms. The summed E-state index contributed by atoms with van der Waals surface area (Å²) in [4.78, 5) is 39.9. The van der Waals surface area contributed by atoms with E-state index in [0.717, 1.165) is 5.56 Å². The first-order chi connectivity index (χ1) is 15.8. The zero-order valence-corrected chi connectivity index (χ0v) is 19.2. The fraction of sp³-hybridized carbons (Fsp3) is 0.391. The van der Waals surface area contributed by atoms with Crippen LogP contribution in [-0.2, 0) is 19.1 Å². The number of carbonyl (C=O) groups is 3. The summed E-state index contributed by atoms with van der Waals surface area (Å²) in [5.41, 5.74) is 0.768. The van der Waals surface area contributed by atoms with Crippen LogP contribution in [0.15, 0.2) is 36.5 Å². The van der Waals surface area contributed by atoms with Crippen LogP contribution < -0.4 is 19.5 Å². The van der Waals surface area contributed by atoms with Gasteiger partial charge in [-0.3, -0.25) is 14.4 Å². The molecule has 0 aliphatic heterocycles. The zero-order chi connectivity index (χ0) is 24.4. The monoisotopic (exact) mass is 460 g/mol. The second kappa shape index (κ2) is 12.3. The summed E-state index contributed by atoms with van der Waals surface area (Å²) >= 11 is 0. The highest BCUT2D eigenvalue weighted by molar-refractivity contribution is 5.97. The molecule has 0 radical (unpaired) electrons. The number of hydrogen-bond donors (Lipinski definition) is 1. The molecule has 0 spiro atoms. The number of nitrogens with one attached hydrogen (secondary N) is 1. The maximum atomic E-state index is 12.6. The van der Waals surface area contributed by atoms with E-state index in [2.05, 4.69) is 10.3 Å². The molecule has 0 bridgehead atoms. The van der Waals surface area contributed by atoms with Gasteiger partial charge in [0.15, 0.2) is 17.2 Å². The normalized spacial score (nSPS) is 12.2. The number of para-hydroxylation sites is 1. The van der Waals surface area contributed by atoms with E-state index < -0.39 is 30.7 Å². The standard InChI is InChI=1S/C23H28N2O8/c1-14(17-8-6-7-9-18(17)29-4)15(2)33-20(27)12-25-23(28)21-22(32-13-31-16(3)26)19(30-5)10-11-24-21/h6-11,14-15H,12-13H2,1-5H3,(H,25,28)/t14-,15?/m1/s1. The second-order valence-corrected chi connectivity index (χ2v) is 7.00. The van der Waals surface area contributed by atoms with Gasteiger partial charge < -0.3 is 29.0 Å². The molecule has 178 valence electrons. The Bertz CT molecular complexity index is 979. The quantitative estimate of drug-likeness (QED) is 0.398. The summed E-state index contributed by atoms with van der Waals surface area (Å²) in [6, 6.07) is 8.96. The van der Waals surface area contributed by atoms with Gasteiger partial charge in [0.2, 0.25) is 6.79 Å². The van der Waals surface area contributed by atoms with Crippen molar-refractivity contribution in [1.29, 1.82) is 0 Å². The Labute approximate surface area is 192 Å². The van der Waals surface area contributed by atoms with Crippen LogP contribution in [-0.4, -0.2) is 56.5 Å². The first kappa shape index (κ1) is 25.4. The second-order valence-electron chi connectivity index (χ2n) is 7.00. The highest BCUT2D eigenvalue weighted by Crippen LogP contribution is 2.30. The average Bonchev–Trinajstić information content (AvgIpc) is 2.81. The van der Waals surface area contributed by atoms with Gasteiger partial charge in [0.25, 0.3) is 5.91 Å². The van der Waals surface area contributed by atoms with E-state index in [4.69, 9.17) is 23.7 Å². The summed E-state index contributed by atoms with van der Waals surface area (Å²) in [7, 11) is 2.96. The lowest BCUT2D eigenvalue weighted by atomic mass is 9.95. The van der Waals surface area contributed by atoms with Crippen LogP contribution in [0.3, 0.4) is 0 Å². The van der Waals surface area contributed by atoms with Gasteiger partial charge in [0.1, 0.15) is 18.4 Å². The van der Waals surface area contributed by atoms with Crippen LogP contribution in [0.25, 0.3) is 0 Å². The first-order valence-electron chi connectivity index (χ1n) is 10.2. The predicted molar refractivity (Wildman–Crippen MR) is 117 cm³/mol. The Morgan fingerprint density at radius 2 is 1.73 bits per heavy atom. The molecule has 0 fully saturated rings. The van der Waals surface area contributed by atoms with Gasteiger partial charge in [-0.1, -0.05) is 25.1 Å². The number of aromatic nitrogens is 1. The topological polar surface area (TPSA) is 122 Å². The molecule has 2 rings (SSSR count). The molecule has 33 heavy (non-hydrogen) atoms. The van der Waals surface area contributed by atoms with Gasteiger partial charge in [-0.2, -0.15) is 0 Å². The molecule has 0 saturated heterocycles. The predicted octanol–water partition coefficient (Wildman–Crippen LogP) is 2.46. The van der Waals surface area contributed by atoms with E-state index >= 15 is 0 Å². The molecule has 1 aromatic carbocycles. The minimum Gasteiger partial charge on any atom is -0.496 e. The van der Waals surface area contributed by atoms with Crippen molar-refractivity contribution in [3.63, 3.8) is 0 Å². The smallest absolute Gasteiger partial charge is 0.325 e. The first-order valence-corrected chi connectivity index (χ1v) is 10.2. The summed E-state index contributed by atoms with van der Waals surface area (Å²) in [6.07, 6.45) is 0.880. The van der Waals surface area contributed by atoms with Crippen LogP contribution in [0.1, 0.15) is 42.7 Å². The minimum absolute atomic E-state index is 0.0229.